The average molecular weight is 347 g/mol. The van der Waals surface area contributed by atoms with Crippen LogP contribution < -0.4 is 27.9 Å². The molecule has 0 unspecified atom stereocenters. The number of thiophene rings is 1. The fourth-order valence-electron chi connectivity index (χ4n) is 1.78. The van der Waals surface area contributed by atoms with E-state index in [2.05, 4.69) is 41.5 Å². The van der Waals surface area contributed by atoms with Gasteiger partial charge in [0, 0.05) is 17.0 Å². The van der Waals surface area contributed by atoms with Crippen LogP contribution >= 0.6 is 22.9 Å². The minimum absolute atomic E-state index is 0. The Morgan fingerprint density at radius 1 is 1.13 bits per heavy atom. The number of nitrogens with zero attached hydrogens (tertiary/aromatic N) is 1. The topological polar surface area (TPSA) is 3.88 Å². The summed E-state index contributed by atoms with van der Waals surface area (Å²) in [6.45, 7) is 2.18. The van der Waals surface area contributed by atoms with Crippen molar-refractivity contribution in [2.24, 2.45) is 7.05 Å². The van der Waals surface area contributed by atoms with Crippen LogP contribution in [0.4, 0.5) is 0 Å². The normalized spacial score (nSPS) is 10.8. The highest BCUT2D eigenvalue weighted by Crippen LogP contribution is 2.32. The zero-order valence-corrected chi connectivity index (χ0v) is 12.2. The summed E-state index contributed by atoms with van der Waals surface area (Å²) in [6, 6.07) is 6.68. The molecule has 3 rings (SSSR count). The second kappa shape index (κ2) is 3.99. The van der Waals surface area contributed by atoms with Gasteiger partial charge in [-0.1, -0.05) is 0 Å². The second-order valence-electron chi connectivity index (χ2n) is 3.45. The SMILES string of the molecule is Cc1c2ccc3sccc3c2s[n+]1C.[I-]. The molecule has 0 radical (unpaired) electrons. The van der Waals surface area contributed by atoms with Crippen LogP contribution in [0, 0.1) is 6.92 Å². The maximum absolute atomic E-state index is 2.24. The molecule has 0 spiro atoms. The molecule has 0 aliphatic carbocycles. The van der Waals surface area contributed by atoms with Crippen molar-refractivity contribution >= 4 is 43.0 Å². The summed E-state index contributed by atoms with van der Waals surface area (Å²) in [5.41, 5.74) is 1.36. The summed E-state index contributed by atoms with van der Waals surface area (Å²) in [4.78, 5) is 0. The third-order valence-corrected chi connectivity index (χ3v) is 4.73. The lowest BCUT2D eigenvalue weighted by atomic mass is 10.2. The van der Waals surface area contributed by atoms with Crippen molar-refractivity contribution in [1.82, 2.24) is 0 Å². The molecule has 1 nitrogen and oxygen atoms in total. The molecule has 0 amide bonds. The summed E-state index contributed by atoms with van der Waals surface area (Å²) in [5, 5.41) is 4.96. The number of benzene rings is 1. The van der Waals surface area contributed by atoms with Crippen LogP contribution in [-0.2, 0) is 7.05 Å². The van der Waals surface area contributed by atoms with Crippen LogP contribution in [0.3, 0.4) is 0 Å². The van der Waals surface area contributed by atoms with Crippen LogP contribution in [-0.4, -0.2) is 0 Å². The first-order valence-electron chi connectivity index (χ1n) is 4.53. The molecule has 2 aromatic heterocycles. The molecule has 4 heteroatoms. The summed E-state index contributed by atoms with van der Waals surface area (Å²) >= 11 is 3.65. The van der Waals surface area contributed by atoms with Crippen LogP contribution in [0.15, 0.2) is 23.6 Å². The zero-order chi connectivity index (χ0) is 9.71. The maximum atomic E-state index is 2.24. The van der Waals surface area contributed by atoms with Gasteiger partial charge in [0.15, 0.2) is 7.05 Å². The first-order chi connectivity index (χ1) is 6.77. The van der Waals surface area contributed by atoms with Crippen molar-refractivity contribution in [3.63, 3.8) is 0 Å². The van der Waals surface area contributed by atoms with Gasteiger partial charge in [0.05, 0.1) is 5.39 Å². The van der Waals surface area contributed by atoms with Crippen molar-refractivity contribution in [2.75, 3.05) is 0 Å². The van der Waals surface area contributed by atoms with Crippen molar-refractivity contribution in [1.29, 1.82) is 0 Å². The maximum Gasteiger partial charge on any atom is 0.200 e. The number of rotatable bonds is 0. The number of aryl methyl sites for hydroxylation is 2. The van der Waals surface area contributed by atoms with E-state index in [9.17, 15) is 0 Å². The predicted octanol–water partition coefficient (Wildman–Crippen LogP) is 0.253. The van der Waals surface area contributed by atoms with Gasteiger partial charge in [-0.25, -0.2) is 0 Å². The molecule has 15 heavy (non-hydrogen) atoms. The third kappa shape index (κ3) is 1.59. The number of halogens is 1. The Morgan fingerprint density at radius 2 is 1.93 bits per heavy atom. The molecule has 0 atom stereocenters. The molecular weight excluding hydrogens is 337 g/mol. The Morgan fingerprint density at radius 3 is 2.73 bits per heavy atom. The molecule has 1 aromatic carbocycles. The van der Waals surface area contributed by atoms with Gasteiger partial charge < -0.3 is 24.0 Å². The lowest BCUT2D eigenvalue weighted by Crippen LogP contribution is -3.00. The lowest BCUT2D eigenvalue weighted by Gasteiger charge is -1.88. The fourth-order valence-corrected chi connectivity index (χ4v) is 3.73. The molecule has 3 aromatic rings. The molecule has 0 bridgehead atoms. The van der Waals surface area contributed by atoms with E-state index in [0.717, 1.165) is 0 Å². The monoisotopic (exact) mass is 347 g/mol. The Hall–Kier alpha value is -0.200. The first kappa shape index (κ1) is 11.3. The van der Waals surface area contributed by atoms with E-state index >= 15 is 0 Å². The Balaban J connectivity index is 0.000000853. The smallest absolute Gasteiger partial charge is 0.200 e. The van der Waals surface area contributed by atoms with Crippen molar-refractivity contribution in [2.45, 2.75) is 6.92 Å². The highest BCUT2D eigenvalue weighted by atomic mass is 127. The summed E-state index contributed by atoms with van der Waals surface area (Å²) in [7, 11) is 2.12. The van der Waals surface area contributed by atoms with E-state index in [0.29, 0.717) is 0 Å². The molecular formula is C11H10INS2. The average Bonchev–Trinajstić information content (AvgIpc) is 2.73. The molecule has 0 N–H and O–H groups in total. The molecule has 0 aliphatic heterocycles. The minimum atomic E-state index is 0. The van der Waals surface area contributed by atoms with Crippen LogP contribution in [0.2, 0.25) is 0 Å². The van der Waals surface area contributed by atoms with Crippen LogP contribution in [0.25, 0.3) is 20.2 Å². The Bertz CT molecular complexity index is 624. The van der Waals surface area contributed by atoms with Gasteiger partial charge in [0.25, 0.3) is 0 Å². The van der Waals surface area contributed by atoms with Crippen LogP contribution in [0.1, 0.15) is 5.69 Å². The number of hydrogen-bond acceptors (Lipinski definition) is 2. The van der Waals surface area contributed by atoms with Gasteiger partial charge in [-0.2, -0.15) is 0 Å². The molecule has 2 heterocycles. The van der Waals surface area contributed by atoms with Gasteiger partial charge >= 0.3 is 0 Å². The Kier molecular flexibility index (Phi) is 3.00. The summed E-state index contributed by atoms with van der Waals surface area (Å²) in [6.07, 6.45) is 0. The van der Waals surface area contributed by atoms with Crippen molar-refractivity contribution < 1.29 is 27.9 Å². The van der Waals surface area contributed by atoms with Crippen LogP contribution in [0.5, 0.6) is 0 Å². The molecule has 78 valence electrons. The number of aromatic nitrogens is 1. The quantitative estimate of drug-likeness (QED) is 0.406. The van der Waals surface area contributed by atoms with E-state index in [1.165, 1.54) is 25.9 Å². The summed E-state index contributed by atoms with van der Waals surface area (Å²) < 4.78 is 5.05. The largest absolute Gasteiger partial charge is 1.00 e. The van der Waals surface area contributed by atoms with E-state index in [1.54, 1.807) is 0 Å². The molecule has 0 saturated heterocycles. The Labute approximate surface area is 114 Å². The predicted molar refractivity (Wildman–Crippen MR) is 63.1 cm³/mol. The first-order valence-corrected chi connectivity index (χ1v) is 6.18. The molecule has 0 aliphatic rings. The van der Waals surface area contributed by atoms with Gasteiger partial charge in [-0.15, -0.1) is 15.3 Å². The van der Waals surface area contributed by atoms with Crippen molar-refractivity contribution in [3.05, 3.63) is 29.3 Å². The third-order valence-electron chi connectivity index (χ3n) is 2.68. The van der Waals surface area contributed by atoms with Gasteiger partial charge in [-0.05, 0) is 23.6 Å². The number of hydrogen-bond donors (Lipinski definition) is 0. The van der Waals surface area contributed by atoms with Gasteiger partial charge in [0.2, 0.25) is 5.69 Å². The molecule has 0 fully saturated rings. The fraction of sp³-hybridized carbons (Fsp3) is 0.182. The number of fused-ring (bicyclic) bond motifs is 3. The summed E-state index contributed by atoms with van der Waals surface area (Å²) in [5.74, 6) is 0. The van der Waals surface area contributed by atoms with Gasteiger partial charge in [-0.3, -0.25) is 0 Å². The molecule has 0 saturated carbocycles. The highest BCUT2D eigenvalue weighted by Gasteiger charge is 2.15. The minimum Gasteiger partial charge on any atom is -1.00 e. The van der Waals surface area contributed by atoms with E-state index in [-0.39, 0.29) is 24.0 Å². The van der Waals surface area contributed by atoms with E-state index < -0.39 is 0 Å². The highest BCUT2D eigenvalue weighted by molar-refractivity contribution is 7.18. The van der Waals surface area contributed by atoms with Gasteiger partial charge in [0.1, 0.15) is 16.2 Å². The standard InChI is InChI=1S/C11H10NS2.HI/c1-7-8-3-4-10-9(5-6-13-10)11(8)14-12(7)2;/h3-6H,1-2H3;1H/q+1;/p-1. The zero-order valence-electron chi connectivity index (χ0n) is 8.45. The lowest BCUT2D eigenvalue weighted by molar-refractivity contribution is -0.606. The second-order valence-corrected chi connectivity index (χ2v) is 5.54. The van der Waals surface area contributed by atoms with E-state index in [4.69, 9.17) is 0 Å². The van der Waals surface area contributed by atoms with Crippen molar-refractivity contribution in [3.8, 4) is 0 Å². The van der Waals surface area contributed by atoms with E-state index in [1.807, 2.05) is 22.9 Å².